The highest BCUT2D eigenvalue weighted by Gasteiger charge is 2.10. The number of rotatable bonds is 9. The molecule has 0 aliphatic heterocycles. The minimum Gasteiger partial charge on any atom is -0.494 e. The Bertz CT molecular complexity index is 453. The molecule has 20 heavy (non-hydrogen) atoms. The highest BCUT2D eigenvalue weighted by Crippen LogP contribution is 2.11. The zero-order chi connectivity index (χ0) is 14.0. The molecule has 3 nitrogen and oxygen atoms in total. The van der Waals surface area contributed by atoms with E-state index in [-0.39, 0.29) is 0 Å². The fourth-order valence-corrected chi connectivity index (χ4v) is 2.15. The lowest BCUT2D eigenvalue weighted by Crippen LogP contribution is -2.33. The number of para-hydroxylation sites is 1. The molecule has 0 amide bonds. The van der Waals surface area contributed by atoms with Crippen LogP contribution in [0.25, 0.3) is 0 Å². The van der Waals surface area contributed by atoms with Crippen molar-refractivity contribution < 1.29 is 9.15 Å². The monoisotopic (exact) mass is 273 g/mol. The van der Waals surface area contributed by atoms with E-state index in [4.69, 9.17) is 9.15 Å². The molecule has 2 aromatic rings. The third kappa shape index (κ3) is 5.10. The molecule has 1 aromatic heterocycles. The van der Waals surface area contributed by atoms with Gasteiger partial charge in [0.15, 0.2) is 0 Å². The van der Waals surface area contributed by atoms with Crippen molar-refractivity contribution in [3.63, 3.8) is 0 Å². The van der Waals surface area contributed by atoms with Crippen molar-refractivity contribution in [2.24, 2.45) is 0 Å². The molecule has 1 unspecified atom stereocenters. The van der Waals surface area contributed by atoms with Gasteiger partial charge in [0.1, 0.15) is 5.75 Å². The number of nitrogens with one attached hydrogen (secondary N) is 1. The highest BCUT2D eigenvalue weighted by molar-refractivity contribution is 5.20. The summed E-state index contributed by atoms with van der Waals surface area (Å²) in [7, 11) is 0. The summed E-state index contributed by atoms with van der Waals surface area (Å²) >= 11 is 0. The molecule has 0 spiro atoms. The molecule has 0 aliphatic carbocycles. The third-order valence-electron chi connectivity index (χ3n) is 3.22. The number of benzene rings is 1. The van der Waals surface area contributed by atoms with Gasteiger partial charge in [-0.1, -0.05) is 25.1 Å². The third-order valence-corrected chi connectivity index (χ3v) is 3.22. The maximum atomic E-state index is 5.77. The number of hydrogen-bond acceptors (Lipinski definition) is 3. The van der Waals surface area contributed by atoms with E-state index in [2.05, 4.69) is 12.2 Å². The van der Waals surface area contributed by atoms with Gasteiger partial charge in [0.05, 0.1) is 19.1 Å². The maximum Gasteiger partial charge on any atom is 0.119 e. The maximum absolute atomic E-state index is 5.77. The molecule has 0 fully saturated rings. The predicted molar refractivity (Wildman–Crippen MR) is 81.0 cm³/mol. The van der Waals surface area contributed by atoms with E-state index < -0.39 is 0 Å². The van der Waals surface area contributed by atoms with Gasteiger partial charge in [-0.05, 0) is 49.6 Å². The molecule has 108 valence electrons. The Morgan fingerprint density at radius 3 is 2.75 bits per heavy atom. The van der Waals surface area contributed by atoms with Crippen molar-refractivity contribution in [3.05, 3.63) is 54.5 Å². The van der Waals surface area contributed by atoms with E-state index in [1.165, 1.54) is 5.56 Å². The van der Waals surface area contributed by atoms with Gasteiger partial charge in [-0.3, -0.25) is 0 Å². The summed E-state index contributed by atoms with van der Waals surface area (Å²) in [4.78, 5) is 0. The van der Waals surface area contributed by atoms with Crippen molar-refractivity contribution in [2.75, 3.05) is 13.2 Å². The molecule has 1 heterocycles. The Labute approximate surface area is 121 Å². The first-order valence-corrected chi connectivity index (χ1v) is 7.30. The Hall–Kier alpha value is -1.74. The standard InChI is InChI=1S/C17H23NO2/c1-2-10-18-16(13-15-8-11-19-14-15)9-12-20-17-6-4-3-5-7-17/h3-8,11,14,16,18H,2,9-10,12-13H2,1H3. The molecule has 1 aromatic carbocycles. The van der Waals surface area contributed by atoms with Gasteiger partial charge >= 0.3 is 0 Å². The summed E-state index contributed by atoms with van der Waals surface area (Å²) in [5.41, 5.74) is 1.23. The van der Waals surface area contributed by atoms with Crippen molar-refractivity contribution in [3.8, 4) is 5.75 Å². The van der Waals surface area contributed by atoms with Gasteiger partial charge in [0, 0.05) is 6.04 Å². The average Bonchev–Trinajstić information content (AvgIpc) is 2.98. The van der Waals surface area contributed by atoms with Crippen LogP contribution in [0.1, 0.15) is 25.3 Å². The Kier molecular flexibility index (Phi) is 6.18. The van der Waals surface area contributed by atoms with Crippen molar-refractivity contribution in [1.82, 2.24) is 5.32 Å². The molecule has 3 heteroatoms. The predicted octanol–water partition coefficient (Wildman–Crippen LogP) is 3.66. The van der Waals surface area contributed by atoms with Crippen LogP contribution >= 0.6 is 0 Å². The second-order valence-electron chi connectivity index (χ2n) is 4.94. The SMILES string of the molecule is CCCNC(CCOc1ccccc1)Cc1ccoc1. The topological polar surface area (TPSA) is 34.4 Å². The van der Waals surface area contributed by atoms with E-state index in [9.17, 15) is 0 Å². The van der Waals surface area contributed by atoms with Crippen LogP contribution in [-0.4, -0.2) is 19.2 Å². The molecule has 0 radical (unpaired) electrons. The van der Waals surface area contributed by atoms with Crippen LogP contribution in [0, 0.1) is 0 Å². The minimum atomic E-state index is 0.427. The summed E-state index contributed by atoms with van der Waals surface area (Å²) < 4.78 is 10.9. The van der Waals surface area contributed by atoms with E-state index in [1.807, 2.05) is 42.7 Å². The first-order chi connectivity index (χ1) is 9.88. The normalized spacial score (nSPS) is 12.2. The van der Waals surface area contributed by atoms with Crippen LogP contribution in [0.2, 0.25) is 0 Å². The van der Waals surface area contributed by atoms with Crippen molar-refractivity contribution in [1.29, 1.82) is 0 Å². The Morgan fingerprint density at radius 1 is 1.20 bits per heavy atom. The lowest BCUT2D eigenvalue weighted by Gasteiger charge is -2.18. The van der Waals surface area contributed by atoms with Gasteiger partial charge < -0.3 is 14.5 Å². The fraction of sp³-hybridized carbons (Fsp3) is 0.412. The number of furan rings is 1. The molecule has 0 bridgehead atoms. The van der Waals surface area contributed by atoms with Crippen molar-refractivity contribution >= 4 is 0 Å². The largest absolute Gasteiger partial charge is 0.494 e. The van der Waals surface area contributed by atoms with E-state index in [1.54, 1.807) is 6.26 Å². The Balaban J connectivity index is 1.78. The zero-order valence-corrected chi connectivity index (χ0v) is 12.0. The van der Waals surface area contributed by atoms with Gasteiger partial charge in [0.2, 0.25) is 0 Å². The second kappa shape index (κ2) is 8.43. The van der Waals surface area contributed by atoms with Crippen LogP contribution in [0.5, 0.6) is 5.75 Å². The first kappa shape index (κ1) is 14.7. The van der Waals surface area contributed by atoms with Gasteiger partial charge in [-0.25, -0.2) is 0 Å². The first-order valence-electron chi connectivity index (χ1n) is 7.30. The van der Waals surface area contributed by atoms with Crippen LogP contribution in [-0.2, 0) is 6.42 Å². The summed E-state index contributed by atoms with van der Waals surface area (Å²) in [6.07, 6.45) is 6.65. The van der Waals surface area contributed by atoms with Crippen LogP contribution in [0.4, 0.5) is 0 Å². The molecule has 1 N–H and O–H groups in total. The highest BCUT2D eigenvalue weighted by atomic mass is 16.5. The molecule has 2 rings (SSSR count). The van der Waals surface area contributed by atoms with E-state index >= 15 is 0 Å². The van der Waals surface area contributed by atoms with Crippen LogP contribution in [0.3, 0.4) is 0 Å². The minimum absolute atomic E-state index is 0.427. The lowest BCUT2D eigenvalue weighted by molar-refractivity contribution is 0.284. The second-order valence-corrected chi connectivity index (χ2v) is 4.94. The van der Waals surface area contributed by atoms with E-state index in [0.29, 0.717) is 6.04 Å². The van der Waals surface area contributed by atoms with Crippen LogP contribution < -0.4 is 10.1 Å². The quantitative estimate of drug-likeness (QED) is 0.757. The summed E-state index contributed by atoms with van der Waals surface area (Å²) in [6.45, 7) is 3.94. The number of hydrogen-bond donors (Lipinski definition) is 1. The Morgan fingerprint density at radius 2 is 2.05 bits per heavy atom. The smallest absolute Gasteiger partial charge is 0.119 e. The van der Waals surface area contributed by atoms with Gasteiger partial charge in [-0.15, -0.1) is 0 Å². The van der Waals surface area contributed by atoms with Crippen molar-refractivity contribution in [2.45, 2.75) is 32.2 Å². The summed E-state index contributed by atoms with van der Waals surface area (Å²) in [6, 6.07) is 12.4. The number of ether oxygens (including phenoxy) is 1. The van der Waals surface area contributed by atoms with Gasteiger partial charge in [-0.2, -0.15) is 0 Å². The molecule has 0 saturated heterocycles. The fourth-order valence-electron chi connectivity index (χ4n) is 2.15. The van der Waals surface area contributed by atoms with Crippen LogP contribution in [0.15, 0.2) is 53.3 Å². The average molecular weight is 273 g/mol. The van der Waals surface area contributed by atoms with E-state index in [0.717, 1.165) is 38.2 Å². The zero-order valence-electron chi connectivity index (χ0n) is 12.0. The van der Waals surface area contributed by atoms with Gasteiger partial charge in [0.25, 0.3) is 0 Å². The summed E-state index contributed by atoms with van der Waals surface area (Å²) in [5.74, 6) is 0.935. The molecular weight excluding hydrogens is 250 g/mol. The summed E-state index contributed by atoms with van der Waals surface area (Å²) in [5, 5.41) is 3.57. The lowest BCUT2D eigenvalue weighted by atomic mass is 10.1. The molecule has 0 saturated carbocycles. The molecule has 0 aliphatic rings. The molecule has 1 atom stereocenters. The molecular formula is C17H23NO2.